The molecule has 0 aliphatic carbocycles. The number of benzene rings is 1. The van der Waals surface area contributed by atoms with Crippen LogP contribution in [0.15, 0.2) is 34.3 Å². The second kappa shape index (κ2) is 5.92. The molecule has 0 aliphatic heterocycles. The van der Waals surface area contributed by atoms with Crippen molar-refractivity contribution in [3.05, 3.63) is 50.7 Å². The Labute approximate surface area is 130 Å². The molecule has 0 unspecified atom stereocenters. The van der Waals surface area contributed by atoms with E-state index in [2.05, 4.69) is 0 Å². The van der Waals surface area contributed by atoms with Gasteiger partial charge in [-0.15, -0.1) is 0 Å². The monoisotopic (exact) mass is 330 g/mol. The van der Waals surface area contributed by atoms with Crippen molar-refractivity contribution in [1.29, 1.82) is 0 Å². The largest absolute Gasteiger partial charge is 0.478 e. The Morgan fingerprint density at radius 3 is 2.45 bits per heavy atom. The number of carboxylic acid groups (broad SMARTS) is 1. The van der Waals surface area contributed by atoms with Crippen LogP contribution in [0.5, 0.6) is 0 Å². The quantitative estimate of drug-likeness (QED) is 0.605. The van der Waals surface area contributed by atoms with E-state index in [1.54, 1.807) is 18.2 Å². The van der Waals surface area contributed by atoms with Gasteiger partial charge in [-0.05, 0) is 37.3 Å². The van der Waals surface area contributed by atoms with Crippen LogP contribution in [0.2, 0.25) is 15.1 Å². The number of hydrogen-bond donors (Lipinski definition) is 1. The fourth-order valence-electron chi connectivity index (χ4n) is 1.56. The average Bonchev–Trinajstić information content (AvgIpc) is 2.82. The summed E-state index contributed by atoms with van der Waals surface area (Å²) in [6, 6.07) is 6.47. The van der Waals surface area contributed by atoms with E-state index >= 15 is 0 Å². The van der Waals surface area contributed by atoms with Crippen molar-refractivity contribution < 1.29 is 14.3 Å². The van der Waals surface area contributed by atoms with E-state index < -0.39 is 5.97 Å². The number of carbonyl (C=O) groups is 1. The molecule has 0 saturated heterocycles. The van der Waals surface area contributed by atoms with Gasteiger partial charge in [0.05, 0.1) is 15.1 Å². The zero-order chi connectivity index (χ0) is 14.9. The first-order valence-corrected chi connectivity index (χ1v) is 6.68. The molecule has 104 valence electrons. The summed E-state index contributed by atoms with van der Waals surface area (Å²) in [7, 11) is 0. The summed E-state index contributed by atoms with van der Waals surface area (Å²) in [6.45, 7) is 1.48. The van der Waals surface area contributed by atoms with Gasteiger partial charge in [-0.25, -0.2) is 4.79 Å². The Bertz CT molecular complexity index is 702. The van der Waals surface area contributed by atoms with Gasteiger partial charge in [0.25, 0.3) is 0 Å². The summed E-state index contributed by atoms with van der Waals surface area (Å²) in [4.78, 5) is 10.8. The Morgan fingerprint density at radius 1 is 1.15 bits per heavy atom. The summed E-state index contributed by atoms with van der Waals surface area (Å²) in [5, 5.41) is 9.93. The van der Waals surface area contributed by atoms with Crippen LogP contribution in [0.1, 0.15) is 12.7 Å². The van der Waals surface area contributed by atoms with Crippen LogP contribution >= 0.6 is 34.8 Å². The number of rotatable bonds is 3. The van der Waals surface area contributed by atoms with Crippen LogP contribution < -0.4 is 0 Å². The van der Waals surface area contributed by atoms with Crippen molar-refractivity contribution in [2.45, 2.75) is 6.92 Å². The third-order valence-electron chi connectivity index (χ3n) is 2.60. The lowest BCUT2D eigenvalue weighted by Gasteiger charge is -2.03. The van der Waals surface area contributed by atoms with Gasteiger partial charge >= 0.3 is 5.97 Å². The van der Waals surface area contributed by atoms with Gasteiger partial charge in [0.1, 0.15) is 11.5 Å². The fourth-order valence-corrected chi connectivity index (χ4v) is 2.20. The first kappa shape index (κ1) is 15.0. The summed E-state index contributed by atoms with van der Waals surface area (Å²) in [5.41, 5.74) is 0.764. The van der Waals surface area contributed by atoms with E-state index in [1.165, 1.54) is 19.1 Å². The predicted molar refractivity (Wildman–Crippen MR) is 80.5 cm³/mol. The highest BCUT2D eigenvalue weighted by molar-refractivity contribution is 6.44. The molecule has 1 heterocycles. The van der Waals surface area contributed by atoms with Crippen molar-refractivity contribution in [3.63, 3.8) is 0 Å². The Balaban J connectivity index is 2.41. The maximum absolute atomic E-state index is 10.8. The minimum atomic E-state index is -1.00. The van der Waals surface area contributed by atoms with E-state index in [4.69, 9.17) is 44.3 Å². The Kier molecular flexibility index (Phi) is 4.43. The second-order valence-electron chi connectivity index (χ2n) is 4.08. The molecule has 0 atom stereocenters. The lowest BCUT2D eigenvalue weighted by atomic mass is 10.2. The molecule has 0 saturated carbocycles. The smallest absolute Gasteiger partial charge is 0.331 e. The summed E-state index contributed by atoms with van der Waals surface area (Å²) < 4.78 is 5.54. The lowest BCUT2D eigenvalue weighted by Crippen LogP contribution is -1.94. The van der Waals surface area contributed by atoms with Crippen molar-refractivity contribution in [1.82, 2.24) is 0 Å². The summed E-state index contributed by atoms with van der Waals surface area (Å²) in [5.74, 6) is -0.101. The van der Waals surface area contributed by atoms with Gasteiger partial charge in [-0.2, -0.15) is 0 Å². The van der Waals surface area contributed by atoms with Crippen LogP contribution in [0, 0.1) is 0 Å². The Morgan fingerprint density at radius 2 is 1.80 bits per heavy atom. The number of carboxylic acids is 1. The van der Waals surface area contributed by atoms with Crippen LogP contribution in [0.25, 0.3) is 17.4 Å². The van der Waals surface area contributed by atoms with Crippen molar-refractivity contribution >= 4 is 46.8 Å². The molecule has 2 aromatic rings. The third-order valence-corrected chi connectivity index (χ3v) is 3.63. The maximum Gasteiger partial charge on any atom is 0.331 e. The first-order valence-electron chi connectivity index (χ1n) is 5.55. The minimum absolute atomic E-state index is 0.172. The zero-order valence-corrected chi connectivity index (χ0v) is 12.6. The van der Waals surface area contributed by atoms with Gasteiger partial charge < -0.3 is 9.52 Å². The number of furan rings is 1. The molecule has 0 fully saturated rings. The standard InChI is InChI=1S/C14H9Cl3O3/c1-7(14(18)19)4-8-2-3-13(20-8)9-5-11(16)12(17)6-10(9)15/h2-6H,1H3,(H,18,19)/b7-4+. The molecule has 1 N–H and O–H groups in total. The van der Waals surface area contributed by atoms with Gasteiger partial charge in [-0.1, -0.05) is 34.8 Å². The highest BCUT2D eigenvalue weighted by Gasteiger charge is 2.12. The lowest BCUT2D eigenvalue weighted by molar-refractivity contribution is -0.132. The highest BCUT2D eigenvalue weighted by atomic mass is 35.5. The molecular weight excluding hydrogens is 323 g/mol. The highest BCUT2D eigenvalue weighted by Crippen LogP contribution is 2.36. The van der Waals surface area contributed by atoms with E-state index in [0.29, 0.717) is 32.2 Å². The molecule has 3 nitrogen and oxygen atoms in total. The SMILES string of the molecule is C/C(=C\c1ccc(-c2cc(Cl)c(Cl)cc2Cl)o1)C(=O)O. The molecule has 0 spiro atoms. The van der Waals surface area contributed by atoms with Crippen molar-refractivity contribution in [2.24, 2.45) is 0 Å². The van der Waals surface area contributed by atoms with Gasteiger partial charge in [0.15, 0.2) is 0 Å². The molecule has 20 heavy (non-hydrogen) atoms. The average molecular weight is 332 g/mol. The van der Waals surface area contributed by atoms with E-state index in [0.717, 1.165) is 0 Å². The summed E-state index contributed by atoms with van der Waals surface area (Å²) >= 11 is 17.9. The normalized spacial score (nSPS) is 11.7. The van der Waals surface area contributed by atoms with Crippen molar-refractivity contribution in [3.8, 4) is 11.3 Å². The van der Waals surface area contributed by atoms with Gasteiger partial charge in [-0.3, -0.25) is 0 Å². The van der Waals surface area contributed by atoms with Gasteiger partial charge in [0, 0.05) is 11.1 Å². The molecule has 1 aromatic heterocycles. The van der Waals surface area contributed by atoms with Crippen molar-refractivity contribution in [2.75, 3.05) is 0 Å². The Hall–Kier alpha value is -1.42. The number of hydrogen-bond acceptors (Lipinski definition) is 2. The molecule has 0 aliphatic rings. The molecule has 0 radical (unpaired) electrons. The molecule has 6 heteroatoms. The van der Waals surface area contributed by atoms with Crippen LogP contribution in [-0.2, 0) is 4.79 Å². The van der Waals surface area contributed by atoms with E-state index in [9.17, 15) is 4.79 Å². The van der Waals surface area contributed by atoms with E-state index in [-0.39, 0.29) is 5.57 Å². The molecule has 0 amide bonds. The fraction of sp³-hybridized carbons (Fsp3) is 0.0714. The third kappa shape index (κ3) is 3.18. The maximum atomic E-state index is 10.8. The minimum Gasteiger partial charge on any atom is -0.478 e. The van der Waals surface area contributed by atoms with Crippen LogP contribution in [0.3, 0.4) is 0 Å². The summed E-state index contributed by atoms with van der Waals surface area (Å²) in [6.07, 6.45) is 1.43. The van der Waals surface area contributed by atoms with Crippen LogP contribution in [0.4, 0.5) is 0 Å². The molecule has 0 bridgehead atoms. The first-order chi connectivity index (χ1) is 9.38. The predicted octanol–water partition coefficient (Wildman–Crippen LogP) is 5.39. The topological polar surface area (TPSA) is 50.4 Å². The second-order valence-corrected chi connectivity index (χ2v) is 5.30. The zero-order valence-electron chi connectivity index (χ0n) is 10.3. The number of halogens is 3. The number of aliphatic carboxylic acids is 1. The molecule has 1 aromatic carbocycles. The molecule has 2 rings (SSSR count). The van der Waals surface area contributed by atoms with Crippen LogP contribution in [-0.4, -0.2) is 11.1 Å². The van der Waals surface area contributed by atoms with E-state index in [1.807, 2.05) is 0 Å². The molecular formula is C14H9Cl3O3. The van der Waals surface area contributed by atoms with Gasteiger partial charge in [0.2, 0.25) is 0 Å².